The van der Waals surface area contributed by atoms with Gasteiger partial charge in [0.15, 0.2) is 16.8 Å². The molecule has 0 bridgehead atoms. The minimum atomic E-state index is -0.239. The fourth-order valence-corrected chi connectivity index (χ4v) is 5.74. The van der Waals surface area contributed by atoms with Crippen LogP contribution in [0.5, 0.6) is 0 Å². The van der Waals surface area contributed by atoms with Crippen molar-refractivity contribution in [2.75, 3.05) is 17.7 Å². The topological polar surface area (TPSA) is 87.7 Å². The third-order valence-electron chi connectivity index (χ3n) is 5.49. The average molecular weight is 497 g/mol. The molecule has 9 heteroatoms. The second kappa shape index (κ2) is 10.2. The Bertz CT molecular complexity index is 1440. The molecular formula is C26H20N6OS2. The summed E-state index contributed by atoms with van der Waals surface area (Å²) in [6, 6.07) is 23.8. The summed E-state index contributed by atoms with van der Waals surface area (Å²) in [5.41, 5.74) is 3.08. The number of thioether (sulfide) groups is 2. The van der Waals surface area contributed by atoms with Crippen molar-refractivity contribution in [1.29, 1.82) is 5.26 Å². The van der Waals surface area contributed by atoms with Gasteiger partial charge in [0, 0.05) is 29.9 Å². The molecule has 0 amide bonds. The number of rotatable bonds is 7. The number of pyridine rings is 1. The van der Waals surface area contributed by atoms with Gasteiger partial charge in [0.25, 0.3) is 0 Å². The normalized spacial score (nSPS) is 13.9. The van der Waals surface area contributed by atoms with Crippen molar-refractivity contribution >= 4 is 35.0 Å². The maximum Gasteiger partial charge on any atom is 0.192 e. The molecule has 1 aliphatic rings. The second-order valence-corrected chi connectivity index (χ2v) is 9.73. The molecule has 7 nitrogen and oxygen atoms in total. The van der Waals surface area contributed by atoms with Crippen LogP contribution >= 0.6 is 23.5 Å². The zero-order valence-electron chi connectivity index (χ0n) is 18.8. The second-order valence-electron chi connectivity index (χ2n) is 7.75. The van der Waals surface area contributed by atoms with Crippen LogP contribution in [-0.4, -0.2) is 38.3 Å². The maximum atomic E-state index is 13.2. The molecule has 4 aromatic rings. The first kappa shape index (κ1) is 22.9. The molecular weight excluding hydrogens is 476 g/mol. The lowest BCUT2D eigenvalue weighted by Gasteiger charge is -2.14. The van der Waals surface area contributed by atoms with E-state index in [2.05, 4.69) is 21.3 Å². The van der Waals surface area contributed by atoms with E-state index in [1.165, 1.54) is 23.5 Å². The highest BCUT2D eigenvalue weighted by Crippen LogP contribution is 2.46. The molecule has 0 atom stereocenters. The number of aromatic nitrogens is 4. The van der Waals surface area contributed by atoms with Crippen LogP contribution in [0.4, 0.5) is 5.69 Å². The van der Waals surface area contributed by atoms with E-state index in [-0.39, 0.29) is 17.1 Å². The standard InChI is InChI=1S/C26H20N6OS2/c1-31-21-11-5-6-12-23(21)35-25(31)20(14-27)22(33)17-34-26-30-29-24(19-10-7-13-28-15-19)32(26)16-18-8-3-2-4-9-18/h2-13,15H,16-17H2,1H3/b25-20-. The van der Waals surface area contributed by atoms with Gasteiger partial charge in [-0.05, 0) is 29.8 Å². The minimum absolute atomic E-state index is 0.0805. The number of fused-ring (bicyclic) bond motifs is 1. The van der Waals surface area contributed by atoms with Crippen LogP contribution in [0.2, 0.25) is 0 Å². The highest BCUT2D eigenvalue weighted by molar-refractivity contribution is 8.03. The number of carbonyl (C=O) groups excluding carboxylic acids is 1. The number of para-hydroxylation sites is 1. The van der Waals surface area contributed by atoms with Gasteiger partial charge in [-0.25, -0.2) is 0 Å². The summed E-state index contributed by atoms with van der Waals surface area (Å²) in [4.78, 5) is 20.3. The van der Waals surface area contributed by atoms with Gasteiger partial charge in [0.2, 0.25) is 0 Å². The van der Waals surface area contributed by atoms with Crippen molar-refractivity contribution in [2.24, 2.45) is 0 Å². The minimum Gasteiger partial charge on any atom is -0.337 e. The Morgan fingerprint density at radius 3 is 2.60 bits per heavy atom. The smallest absolute Gasteiger partial charge is 0.192 e. The summed E-state index contributed by atoms with van der Waals surface area (Å²) in [5, 5.41) is 19.9. The Labute approximate surface area is 211 Å². The predicted octanol–water partition coefficient (Wildman–Crippen LogP) is 5.03. The third-order valence-corrected chi connectivity index (χ3v) is 7.70. The lowest BCUT2D eigenvalue weighted by atomic mass is 10.2. The number of Topliss-reactive ketones (excluding diaryl/α,β-unsaturated/α-hetero) is 1. The molecule has 0 saturated heterocycles. The van der Waals surface area contributed by atoms with Crippen LogP contribution in [-0.2, 0) is 11.3 Å². The Hall–Kier alpha value is -3.87. The first-order valence-corrected chi connectivity index (χ1v) is 12.6. The summed E-state index contributed by atoms with van der Waals surface area (Å²) >= 11 is 2.73. The number of anilines is 1. The number of carbonyl (C=O) groups is 1. The van der Waals surface area contributed by atoms with Gasteiger partial charge in [0.1, 0.15) is 16.7 Å². The van der Waals surface area contributed by atoms with E-state index < -0.39 is 0 Å². The molecule has 3 heterocycles. The van der Waals surface area contributed by atoms with Crippen molar-refractivity contribution < 1.29 is 4.79 Å². The fraction of sp³-hybridized carbons (Fsp3) is 0.115. The largest absolute Gasteiger partial charge is 0.337 e. The van der Waals surface area contributed by atoms with Gasteiger partial charge in [0.05, 0.1) is 18.0 Å². The number of ketones is 1. The number of benzene rings is 2. The highest BCUT2D eigenvalue weighted by Gasteiger charge is 2.28. The van der Waals surface area contributed by atoms with Gasteiger partial charge in [-0.15, -0.1) is 10.2 Å². The number of nitriles is 1. The van der Waals surface area contributed by atoms with Crippen LogP contribution < -0.4 is 4.90 Å². The highest BCUT2D eigenvalue weighted by atomic mass is 32.2. The Balaban J connectivity index is 1.41. The van der Waals surface area contributed by atoms with E-state index in [4.69, 9.17) is 0 Å². The van der Waals surface area contributed by atoms with E-state index in [1.807, 2.05) is 83.2 Å². The molecule has 0 N–H and O–H groups in total. The zero-order valence-corrected chi connectivity index (χ0v) is 20.5. The van der Waals surface area contributed by atoms with Crippen LogP contribution in [0, 0.1) is 11.3 Å². The summed E-state index contributed by atoms with van der Waals surface area (Å²) < 4.78 is 1.98. The quantitative estimate of drug-likeness (QED) is 0.200. The van der Waals surface area contributed by atoms with Gasteiger partial charge in [-0.2, -0.15) is 5.26 Å². The predicted molar refractivity (Wildman–Crippen MR) is 138 cm³/mol. The lowest BCUT2D eigenvalue weighted by Crippen LogP contribution is -2.16. The fourth-order valence-electron chi connectivity index (χ4n) is 3.77. The molecule has 2 aromatic carbocycles. The summed E-state index contributed by atoms with van der Waals surface area (Å²) in [5.74, 6) is 0.519. The van der Waals surface area contributed by atoms with Crippen LogP contribution in [0.1, 0.15) is 5.56 Å². The summed E-state index contributed by atoms with van der Waals surface area (Å²) in [7, 11) is 1.88. The summed E-state index contributed by atoms with van der Waals surface area (Å²) in [6.45, 7) is 0.550. The van der Waals surface area contributed by atoms with Crippen molar-refractivity contribution in [3.8, 4) is 17.5 Å². The molecule has 0 radical (unpaired) electrons. The van der Waals surface area contributed by atoms with E-state index in [9.17, 15) is 10.1 Å². The zero-order chi connectivity index (χ0) is 24.2. The van der Waals surface area contributed by atoms with Crippen LogP contribution in [0.15, 0.2) is 99.8 Å². The number of hydrogen-bond donors (Lipinski definition) is 0. The van der Waals surface area contributed by atoms with Crippen molar-refractivity contribution in [3.05, 3.63) is 95.3 Å². The Kier molecular flexibility index (Phi) is 6.66. The third kappa shape index (κ3) is 4.71. The van der Waals surface area contributed by atoms with Crippen molar-refractivity contribution in [1.82, 2.24) is 19.7 Å². The Morgan fingerprint density at radius 1 is 1.06 bits per heavy atom. The molecule has 1 aliphatic heterocycles. The SMILES string of the molecule is CN1/C(=C(\C#N)C(=O)CSc2nnc(-c3cccnc3)n2Cc2ccccc2)Sc2ccccc21. The number of hydrogen-bond acceptors (Lipinski definition) is 8. The average Bonchev–Trinajstić information content (AvgIpc) is 3.45. The monoisotopic (exact) mass is 496 g/mol. The number of nitrogens with zero attached hydrogens (tertiary/aromatic N) is 6. The molecule has 0 fully saturated rings. The lowest BCUT2D eigenvalue weighted by molar-refractivity contribution is -0.112. The van der Waals surface area contributed by atoms with E-state index in [0.717, 1.165) is 21.7 Å². The van der Waals surface area contributed by atoms with Crippen molar-refractivity contribution in [2.45, 2.75) is 16.6 Å². The van der Waals surface area contributed by atoms with Gasteiger partial charge < -0.3 is 4.90 Å². The van der Waals surface area contributed by atoms with E-state index in [1.54, 1.807) is 12.4 Å². The molecule has 0 spiro atoms. The maximum absolute atomic E-state index is 13.2. The van der Waals surface area contributed by atoms with Crippen LogP contribution in [0.25, 0.3) is 11.4 Å². The molecule has 35 heavy (non-hydrogen) atoms. The van der Waals surface area contributed by atoms with E-state index >= 15 is 0 Å². The van der Waals surface area contributed by atoms with Gasteiger partial charge in [-0.3, -0.25) is 14.3 Å². The molecule has 0 aliphatic carbocycles. The van der Waals surface area contributed by atoms with Crippen molar-refractivity contribution in [3.63, 3.8) is 0 Å². The number of allylic oxidation sites excluding steroid dienone is 1. The first-order chi connectivity index (χ1) is 17.2. The first-order valence-electron chi connectivity index (χ1n) is 10.8. The molecule has 2 aromatic heterocycles. The molecule has 0 unspecified atom stereocenters. The molecule has 0 saturated carbocycles. The van der Waals surface area contributed by atoms with Gasteiger partial charge >= 0.3 is 0 Å². The molecule has 172 valence electrons. The van der Waals surface area contributed by atoms with Crippen LogP contribution in [0.3, 0.4) is 0 Å². The van der Waals surface area contributed by atoms with E-state index in [0.29, 0.717) is 22.6 Å². The Morgan fingerprint density at radius 2 is 1.86 bits per heavy atom. The van der Waals surface area contributed by atoms with Gasteiger partial charge in [-0.1, -0.05) is 66.0 Å². The summed E-state index contributed by atoms with van der Waals surface area (Å²) in [6.07, 6.45) is 3.46. The molecule has 5 rings (SSSR count).